The number of carbonyl (C=O) groups is 1. The fourth-order valence-corrected chi connectivity index (χ4v) is 3.56. The van der Waals surface area contributed by atoms with Crippen molar-refractivity contribution < 1.29 is 13.9 Å². The van der Waals surface area contributed by atoms with Crippen molar-refractivity contribution in [3.05, 3.63) is 62.7 Å². The zero-order valence-corrected chi connectivity index (χ0v) is 16.4. The summed E-state index contributed by atoms with van der Waals surface area (Å²) in [5.41, 5.74) is 3.92. The van der Waals surface area contributed by atoms with Gasteiger partial charge in [-0.05, 0) is 70.9 Å². The van der Waals surface area contributed by atoms with E-state index in [2.05, 4.69) is 42.4 Å². The summed E-state index contributed by atoms with van der Waals surface area (Å²) >= 11 is 6.82. The zero-order valence-electron chi connectivity index (χ0n) is 13.3. The molecule has 1 amide bonds. The lowest BCUT2D eigenvalue weighted by Crippen LogP contribution is -2.16. The average molecular weight is 466 g/mol. The Hall–Kier alpha value is -2.12. The van der Waals surface area contributed by atoms with Gasteiger partial charge in [-0.2, -0.15) is 5.10 Å². The molecule has 128 valence electrons. The van der Waals surface area contributed by atoms with Crippen LogP contribution in [-0.4, -0.2) is 18.7 Å². The van der Waals surface area contributed by atoms with Crippen LogP contribution in [0.25, 0.3) is 11.0 Å². The smallest absolute Gasteiger partial charge is 0.307 e. The number of nitrogens with zero attached hydrogens (tertiary/aromatic N) is 1. The minimum absolute atomic E-state index is 0.192. The minimum atomic E-state index is -0.415. The van der Waals surface area contributed by atoms with Gasteiger partial charge in [-0.3, -0.25) is 4.79 Å². The van der Waals surface area contributed by atoms with E-state index in [0.717, 1.165) is 25.6 Å². The highest BCUT2D eigenvalue weighted by Gasteiger charge is 2.14. The molecule has 0 fully saturated rings. The lowest BCUT2D eigenvalue weighted by atomic mass is 10.2. The van der Waals surface area contributed by atoms with Crippen molar-refractivity contribution in [1.82, 2.24) is 5.43 Å². The number of nitrogens with one attached hydrogen (secondary N) is 1. The Morgan fingerprint density at radius 1 is 1.24 bits per heavy atom. The number of amides is 1. The number of hydrogen-bond acceptors (Lipinski definition) is 4. The summed E-state index contributed by atoms with van der Waals surface area (Å²) in [5, 5.41) is 4.78. The summed E-state index contributed by atoms with van der Waals surface area (Å²) in [6.45, 7) is 2.55. The van der Waals surface area contributed by atoms with Gasteiger partial charge in [-0.1, -0.05) is 15.9 Å². The first-order valence-electron chi connectivity index (χ1n) is 7.51. The first-order chi connectivity index (χ1) is 12.1. The van der Waals surface area contributed by atoms with Crippen molar-refractivity contribution in [1.29, 1.82) is 0 Å². The lowest BCUT2D eigenvalue weighted by Gasteiger charge is -2.02. The SMILES string of the molecule is CCOc1ccc(/C=N\NC(=O)c2cc3cc(Br)cc(Br)c3o2)cc1. The van der Waals surface area contributed by atoms with Crippen molar-refractivity contribution in [2.45, 2.75) is 6.92 Å². The van der Waals surface area contributed by atoms with Crippen molar-refractivity contribution in [3.63, 3.8) is 0 Å². The molecule has 0 unspecified atom stereocenters. The van der Waals surface area contributed by atoms with Crippen molar-refractivity contribution in [2.75, 3.05) is 6.61 Å². The topological polar surface area (TPSA) is 63.8 Å². The number of hydrogen-bond donors (Lipinski definition) is 1. The molecule has 0 saturated heterocycles. The third-order valence-electron chi connectivity index (χ3n) is 3.33. The fourth-order valence-electron chi connectivity index (χ4n) is 2.23. The normalized spacial score (nSPS) is 11.2. The molecule has 0 saturated carbocycles. The highest BCUT2D eigenvalue weighted by Crippen LogP contribution is 2.30. The van der Waals surface area contributed by atoms with Gasteiger partial charge in [0.25, 0.3) is 0 Å². The third kappa shape index (κ3) is 4.29. The van der Waals surface area contributed by atoms with E-state index >= 15 is 0 Å². The first-order valence-corrected chi connectivity index (χ1v) is 9.10. The molecule has 0 spiro atoms. The van der Waals surface area contributed by atoms with Crippen LogP contribution in [0.4, 0.5) is 0 Å². The van der Waals surface area contributed by atoms with E-state index in [9.17, 15) is 4.79 Å². The van der Waals surface area contributed by atoms with Gasteiger partial charge in [0.15, 0.2) is 5.76 Å². The van der Waals surface area contributed by atoms with Crippen molar-refractivity contribution in [3.8, 4) is 5.75 Å². The Labute approximate surface area is 161 Å². The monoisotopic (exact) mass is 464 g/mol. The molecule has 2 aromatic carbocycles. The molecule has 0 radical (unpaired) electrons. The average Bonchev–Trinajstić information content (AvgIpc) is 3.01. The molecule has 0 aliphatic carbocycles. The molecule has 0 aliphatic heterocycles. The Kier molecular flexibility index (Phi) is 5.55. The maximum Gasteiger partial charge on any atom is 0.307 e. The molecular weight excluding hydrogens is 452 g/mol. The van der Waals surface area contributed by atoms with Gasteiger partial charge in [0, 0.05) is 9.86 Å². The molecule has 0 bridgehead atoms. The predicted octanol–water partition coefficient (Wildman–Crippen LogP) is 5.12. The second kappa shape index (κ2) is 7.84. The van der Waals surface area contributed by atoms with Crippen LogP contribution in [0.5, 0.6) is 5.75 Å². The summed E-state index contributed by atoms with van der Waals surface area (Å²) in [7, 11) is 0. The van der Waals surface area contributed by atoms with E-state index in [-0.39, 0.29) is 5.76 Å². The van der Waals surface area contributed by atoms with Crippen LogP contribution in [-0.2, 0) is 0 Å². The second-order valence-electron chi connectivity index (χ2n) is 5.12. The molecule has 0 atom stereocenters. The van der Waals surface area contributed by atoms with Gasteiger partial charge >= 0.3 is 5.91 Å². The molecule has 1 aromatic heterocycles. The fraction of sp³-hybridized carbons (Fsp3) is 0.111. The quantitative estimate of drug-likeness (QED) is 0.420. The van der Waals surface area contributed by atoms with Crippen LogP contribution in [0, 0.1) is 0 Å². The van der Waals surface area contributed by atoms with Gasteiger partial charge in [-0.15, -0.1) is 0 Å². The number of hydrazone groups is 1. The summed E-state index contributed by atoms with van der Waals surface area (Å²) < 4.78 is 12.6. The van der Waals surface area contributed by atoms with E-state index in [1.165, 1.54) is 0 Å². The van der Waals surface area contributed by atoms with Gasteiger partial charge in [0.2, 0.25) is 0 Å². The van der Waals surface area contributed by atoms with Gasteiger partial charge in [0.1, 0.15) is 11.3 Å². The van der Waals surface area contributed by atoms with E-state index in [4.69, 9.17) is 9.15 Å². The highest BCUT2D eigenvalue weighted by atomic mass is 79.9. The largest absolute Gasteiger partial charge is 0.494 e. The summed E-state index contributed by atoms with van der Waals surface area (Å²) in [4.78, 5) is 12.2. The predicted molar refractivity (Wildman–Crippen MR) is 104 cm³/mol. The van der Waals surface area contributed by atoms with Crippen LogP contribution < -0.4 is 10.2 Å². The number of carbonyl (C=O) groups excluding carboxylic acids is 1. The molecule has 25 heavy (non-hydrogen) atoms. The van der Waals surface area contributed by atoms with Crippen LogP contribution >= 0.6 is 31.9 Å². The second-order valence-corrected chi connectivity index (χ2v) is 6.89. The van der Waals surface area contributed by atoms with Crippen molar-refractivity contribution >= 4 is 55.0 Å². The number of rotatable bonds is 5. The Morgan fingerprint density at radius 2 is 2.00 bits per heavy atom. The Bertz CT molecular complexity index is 933. The molecular formula is C18H14Br2N2O3. The maximum atomic E-state index is 12.2. The third-order valence-corrected chi connectivity index (χ3v) is 4.38. The van der Waals surface area contributed by atoms with Crippen LogP contribution in [0.15, 0.2) is 60.9 Å². The summed E-state index contributed by atoms with van der Waals surface area (Å²) in [5.74, 6) is 0.571. The molecule has 3 rings (SSSR count). The van der Waals surface area contributed by atoms with Crippen LogP contribution in [0.1, 0.15) is 23.0 Å². The number of halogens is 2. The number of furan rings is 1. The highest BCUT2D eigenvalue weighted by molar-refractivity contribution is 9.11. The van der Waals surface area contributed by atoms with Crippen molar-refractivity contribution in [2.24, 2.45) is 5.10 Å². The molecule has 1 N–H and O–H groups in total. The number of fused-ring (bicyclic) bond motifs is 1. The molecule has 0 aliphatic rings. The summed E-state index contributed by atoms with van der Waals surface area (Å²) in [6, 6.07) is 12.8. The standard InChI is InChI=1S/C18H14Br2N2O3/c1-2-24-14-5-3-11(4-6-14)10-21-22-18(23)16-8-12-7-13(19)9-15(20)17(12)25-16/h3-10H,2H2,1H3,(H,22,23)/b21-10-. The lowest BCUT2D eigenvalue weighted by molar-refractivity contribution is 0.0929. The Balaban J connectivity index is 1.69. The van der Waals surface area contributed by atoms with Crippen LogP contribution in [0.2, 0.25) is 0 Å². The molecule has 5 nitrogen and oxygen atoms in total. The molecule has 1 heterocycles. The zero-order chi connectivity index (χ0) is 17.8. The van der Waals surface area contributed by atoms with Gasteiger partial charge in [-0.25, -0.2) is 5.43 Å². The summed E-state index contributed by atoms with van der Waals surface area (Å²) in [6.07, 6.45) is 1.56. The van der Waals surface area contributed by atoms with Gasteiger partial charge < -0.3 is 9.15 Å². The Morgan fingerprint density at radius 3 is 2.72 bits per heavy atom. The van der Waals surface area contributed by atoms with Gasteiger partial charge in [0.05, 0.1) is 17.3 Å². The van der Waals surface area contributed by atoms with Crippen LogP contribution in [0.3, 0.4) is 0 Å². The van der Waals surface area contributed by atoms with E-state index in [1.807, 2.05) is 43.3 Å². The number of benzene rings is 2. The van der Waals surface area contributed by atoms with E-state index in [0.29, 0.717) is 12.2 Å². The minimum Gasteiger partial charge on any atom is -0.494 e. The first kappa shape index (κ1) is 17.7. The number of ether oxygens (including phenoxy) is 1. The van der Waals surface area contributed by atoms with E-state index < -0.39 is 5.91 Å². The molecule has 7 heteroatoms. The maximum absolute atomic E-state index is 12.2. The molecule has 3 aromatic rings. The van der Waals surface area contributed by atoms with E-state index in [1.54, 1.807) is 12.3 Å².